The van der Waals surface area contributed by atoms with Crippen molar-refractivity contribution in [2.24, 2.45) is 34.5 Å². The van der Waals surface area contributed by atoms with Gasteiger partial charge in [0.15, 0.2) is 6.29 Å². The Morgan fingerprint density at radius 1 is 1.00 bits per heavy atom. The number of aldehydes is 1. The fraction of sp³-hybridized carbons (Fsp3) is 0.862. The molecule has 4 saturated carbocycles. The number of aliphatic hydroxyl groups excluding tert-OH is 3. The molecule has 13 atom stereocenters. The summed E-state index contributed by atoms with van der Waals surface area (Å²) in [5, 5.41) is 42.9. The van der Waals surface area contributed by atoms with Crippen LogP contribution in [-0.4, -0.2) is 81.7 Å². The van der Waals surface area contributed by atoms with E-state index in [9.17, 15) is 30.0 Å². The van der Waals surface area contributed by atoms with Crippen LogP contribution in [0.25, 0.3) is 0 Å². The minimum absolute atomic E-state index is 0.0322. The van der Waals surface area contributed by atoms with Crippen molar-refractivity contribution in [3.63, 3.8) is 0 Å². The van der Waals surface area contributed by atoms with Crippen molar-refractivity contribution in [1.29, 1.82) is 0 Å². The van der Waals surface area contributed by atoms with E-state index in [0.717, 1.165) is 37.7 Å². The molecule has 0 aromatic rings. The maximum atomic E-state index is 12.9. The second kappa shape index (κ2) is 9.35. The third-order valence-electron chi connectivity index (χ3n) is 11.9. The van der Waals surface area contributed by atoms with Gasteiger partial charge in [-0.3, -0.25) is 0 Å². The number of rotatable bonds is 4. The van der Waals surface area contributed by atoms with Crippen LogP contribution < -0.4 is 0 Å². The van der Waals surface area contributed by atoms with Crippen LogP contribution in [0.4, 0.5) is 0 Å². The van der Waals surface area contributed by atoms with Gasteiger partial charge in [-0.1, -0.05) is 6.92 Å². The van der Waals surface area contributed by atoms with Gasteiger partial charge in [-0.05, 0) is 94.0 Å². The summed E-state index contributed by atoms with van der Waals surface area (Å²) >= 11 is 0. The Morgan fingerprint density at radius 2 is 1.79 bits per heavy atom. The monoisotopic (exact) mass is 534 g/mol. The lowest BCUT2D eigenvalue weighted by Gasteiger charge is -2.63. The third-order valence-corrected chi connectivity index (χ3v) is 11.9. The summed E-state index contributed by atoms with van der Waals surface area (Å²) in [6.45, 7) is 4.13. The summed E-state index contributed by atoms with van der Waals surface area (Å²) in [4.78, 5) is 24.7. The Hall–Kier alpha value is -1.36. The first-order valence-electron chi connectivity index (χ1n) is 14.4. The zero-order valence-electron chi connectivity index (χ0n) is 22.3. The highest BCUT2D eigenvalue weighted by Gasteiger charge is 2.68. The molecule has 0 bridgehead atoms. The van der Waals surface area contributed by atoms with Gasteiger partial charge in [0.1, 0.15) is 31.2 Å². The molecule has 0 spiro atoms. The molecule has 0 aromatic carbocycles. The van der Waals surface area contributed by atoms with Crippen molar-refractivity contribution >= 4 is 12.3 Å². The summed E-state index contributed by atoms with van der Waals surface area (Å²) in [5.74, 6) is 0.0678. The summed E-state index contributed by atoms with van der Waals surface area (Å²) in [6.07, 6.45) is 3.80. The normalized spacial score (nSPS) is 54.4. The molecule has 9 nitrogen and oxygen atoms in total. The van der Waals surface area contributed by atoms with Gasteiger partial charge in [-0.25, -0.2) is 4.79 Å². The van der Waals surface area contributed by atoms with Crippen LogP contribution in [-0.2, 0) is 23.8 Å². The quantitative estimate of drug-likeness (QED) is 0.240. The van der Waals surface area contributed by atoms with Crippen molar-refractivity contribution < 1.29 is 44.2 Å². The van der Waals surface area contributed by atoms with E-state index in [1.54, 1.807) is 13.0 Å². The molecule has 2 aliphatic heterocycles. The van der Waals surface area contributed by atoms with Crippen molar-refractivity contribution in [3.8, 4) is 0 Å². The van der Waals surface area contributed by atoms with E-state index in [-0.39, 0.29) is 41.2 Å². The molecule has 212 valence electrons. The van der Waals surface area contributed by atoms with E-state index in [0.29, 0.717) is 32.3 Å². The number of hydrogen-bond acceptors (Lipinski definition) is 9. The molecule has 38 heavy (non-hydrogen) atoms. The maximum Gasteiger partial charge on any atom is 0.331 e. The van der Waals surface area contributed by atoms with Gasteiger partial charge in [0.05, 0.1) is 17.8 Å². The number of cyclic esters (lactones) is 1. The summed E-state index contributed by atoms with van der Waals surface area (Å²) in [7, 11) is 0. The molecule has 5 fully saturated rings. The minimum Gasteiger partial charge on any atom is -0.458 e. The number of carbonyl (C=O) groups excluding carboxylic acids is 2. The fourth-order valence-electron chi connectivity index (χ4n) is 9.73. The van der Waals surface area contributed by atoms with Gasteiger partial charge in [0.25, 0.3) is 0 Å². The summed E-state index contributed by atoms with van der Waals surface area (Å²) in [6, 6.07) is 0. The molecule has 0 amide bonds. The van der Waals surface area contributed by atoms with E-state index in [4.69, 9.17) is 14.2 Å². The highest BCUT2D eigenvalue weighted by molar-refractivity contribution is 5.85. The van der Waals surface area contributed by atoms with E-state index in [2.05, 4.69) is 6.92 Å². The SMILES string of the molecule is CC1O[C@H](O[C@H]2CC[C@]3(C=O)C4CC[C@]5(C)[C@@H](C6=CC(=O)OC6)CC[C@]5(O)C4CC[C@@H]3C2)C(O)C(O)[C@@H]1O. The third kappa shape index (κ3) is 3.72. The Balaban J connectivity index is 1.19. The highest BCUT2D eigenvalue weighted by Crippen LogP contribution is 2.69. The van der Waals surface area contributed by atoms with Gasteiger partial charge in [-0.2, -0.15) is 0 Å². The topological polar surface area (TPSA) is 143 Å². The number of ether oxygens (including phenoxy) is 3. The van der Waals surface area contributed by atoms with Crippen LogP contribution >= 0.6 is 0 Å². The average Bonchev–Trinajstić information content (AvgIpc) is 3.45. The molecule has 0 radical (unpaired) electrons. The number of carbonyl (C=O) groups is 2. The van der Waals surface area contributed by atoms with Crippen molar-refractivity contribution in [2.45, 2.75) is 114 Å². The van der Waals surface area contributed by atoms with Crippen LogP contribution in [0.3, 0.4) is 0 Å². The molecule has 1 saturated heterocycles. The second-order valence-electron chi connectivity index (χ2n) is 13.2. The lowest BCUT2D eigenvalue weighted by Crippen LogP contribution is -2.63. The van der Waals surface area contributed by atoms with Crippen molar-refractivity contribution in [2.75, 3.05) is 6.61 Å². The summed E-state index contributed by atoms with van der Waals surface area (Å²) < 4.78 is 17.0. The zero-order chi connectivity index (χ0) is 27.0. The smallest absolute Gasteiger partial charge is 0.331 e. The first-order valence-corrected chi connectivity index (χ1v) is 14.4. The lowest BCUT2D eigenvalue weighted by atomic mass is 9.43. The molecule has 0 aromatic heterocycles. The van der Waals surface area contributed by atoms with Gasteiger partial charge in [-0.15, -0.1) is 0 Å². The predicted molar refractivity (Wildman–Crippen MR) is 133 cm³/mol. The standard InChI is InChI=1S/C29H42O9/c1-15-23(32)24(33)25(34)26(37-15)38-18-5-9-28(14-30)17(12-18)3-4-21-20(28)6-8-27(2)19(7-10-29(21,27)35)16-11-22(31)36-13-16/h11,14-15,17-21,23-26,32-35H,3-10,12-13H2,1-2H3/t15?,17-,18+,19-,20?,21?,23-,24?,25?,26-,27-,28-,29+/m1/s1. The maximum absolute atomic E-state index is 12.9. The predicted octanol–water partition coefficient (Wildman–Crippen LogP) is 1.64. The van der Waals surface area contributed by atoms with Crippen LogP contribution in [0.2, 0.25) is 0 Å². The van der Waals surface area contributed by atoms with Crippen molar-refractivity contribution in [1.82, 2.24) is 0 Å². The largest absolute Gasteiger partial charge is 0.458 e. The number of esters is 1. The molecule has 6 rings (SSSR count). The molecule has 5 unspecified atom stereocenters. The van der Waals surface area contributed by atoms with Gasteiger partial charge in [0.2, 0.25) is 0 Å². The van der Waals surface area contributed by atoms with Crippen LogP contribution in [0, 0.1) is 34.5 Å². The number of fused-ring (bicyclic) bond motifs is 5. The second-order valence-corrected chi connectivity index (χ2v) is 13.2. The van der Waals surface area contributed by atoms with E-state index in [1.807, 2.05) is 0 Å². The number of hydrogen-bond donors (Lipinski definition) is 4. The van der Waals surface area contributed by atoms with E-state index >= 15 is 0 Å². The molecule has 4 aliphatic carbocycles. The first-order chi connectivity index (χ1) is 18.0. The van der Waals surface area contributed by atoms with Gasteiger partial charge in [0, 0.05) is 16.9 Å². The van der Waals surface area contributed by atoms with Crippen LogP contribution in [0.5, 0.6) is 0 Å². The Labute approximate surface area is 223 Å². The number of aliphatic hydroxyl groups is 4. The van der Waals surface area contributed by atoms with Crippen molar-refractivity contribution in [3.05, 3.63) is 11.6 Å². The molecule has 6 aliphatic rings. The van der Waals surface area contributed by atoms with Gasteiger partial charge < -0.3 is 39.4 Å². The van der Waals surface area contributed by atoms with E-state index < -0.39 is 41.7 Å². The Bertz CT molecular complexity index is 999. The Morgan fingerprint density at radius 3 is 2.50 bits per heavy atom. The average molecular weight is 535 g/mol. The lowest BCUT2D eigenvalue weighted by molar-refractivity contribution is -0.309. The molecular formula is C29H42O9. The minimum atomic E-state index is -1.34. The summed E-state index contributed by atoms with van der Waals surface area (Å²) in [5.41, 5.74) is -0.739. The van der Waals surface area contributed by atoms with Crippen LogP contribution in [0.1, 0.15) is 71.6 Å². The Kier molecular flexibility index (Phi) is 6.60. The molecular weight excluding hydrogens is 492 g/mol. The fourth-order valence-corrected chi connectivity index (χ4v) is 9.73. The zero-order valence-corrected chi connectivity index (χ0v) is 22.3. The first kappa shape index (κ1) is 26.8. The molecule has 9 heteroatoms. The highest BCUT2D eigenvalue weighted by atomic mass is 16.7. The molecule has 4 N–H and O–H groups in total. The van der Waals surface area contributed by atoms with E-state index in [1.165, 1.54) is 6.29 Å². The van der Waals surface area contributed by atoms with Crippen LogP contribution in [0.15, 0.2) is 11.6 Å². The van der Waals surface area contributed by atoms with Gasteiger partial charge >= 0.3 is 5.97 Å². The molecule has 2 heterocycles.